The van der Waals surface area contributed by atoms with E-state index in [4.69, 9.17) is 37.9 Å². The van der Waals surface area contributed by atoms with Crippen molar-refractivity contribution >= 4 is 22.5 Å². The Balaban J connectivity index is 1.27. The zero-order chi connectivity index (χ0) is 41.2. The maximum Gasteiger partial charge on any atom is 0.306 e. The smallest absolute Gasteiger partial charge is 0.306 e. The highest BCUT2D eigenvalue weighted by Gasteiger charge is 2.48. The highest BCUT2D eigenvalue weighted by atomic mass is 16.7. The number of methoxy groups -OCH3 is 1. The number of hydrogen-bond acceptors (Lipinski definition) is 10. The lowest BCUT2D eigenvalue weighted by Gasteiger charge is -2.34. The molecule has 1 aliphatic rings. The molecule has 6 rings (SSSR count). The maximum atomic E-state index is 12.8. The summed E-state index contributed by atoms with van der Waals surface area (Å²) in [6.07, 6.45) is -4.19. The summed E-state index contributed by atoms with van der Waals surface area (Å²) < 4.78 is 51.4. The SMILES string of the molecule is CC[C@H]1O[C@@H](OCC(OCc2ccccc2)C(OCc2ccccc2)C(COCc2ccc3ccccc3c2)OCc2ccccc2)[C@@H](OC)C1OC(=O)CCC(C)=O. The number of ether oxygens (including phenoxy) is 8. The molecule has 1 saturated heterocycles. The Morgan fingerprint density at radius 2 is 1.17 bits per heavy atom. The van der Waals surface area contributed by atoms with E-state index in [2.05, 4.69) is 30.3 Å². The molecule has 0 amide bonds. The van der Waals surface area contributed by atoms with Crippen LogP contribution in [-0.4, -0.2) is 75.0 Å². The molecule has 0 aromatic heterocycles. The van der Waals surface area contributed by atoms with Crippen LogP contribution in [0.25, 0.3) is 10.8 Å². The molecule has 0 aliphatic carbocycles. The van der Waals surface area contributed by atoms with E-state index in [0.717, 1.165) is 33.0 Å². The van der Waals surface area contributed by atoms with Gasteiger partial charge in [0.2, 0.25) is 0 Å². The Labute approximate surface area is 347 Å². The third-order valence-corrected chi connectivity index (χ3v) is 10.3. The van der Waals surface area contributed by atoms with Crippen molar-refractivity contribution in [2.75, 3.05) is 20.3 Å². The molecule has 312 valence electrons. The van der Waals surface area contributed by atoms with E-state index in [-0.39, 0.29) is 45.1 Å². The Morgan fingerprint density at radius 1 is 0.610 bits per heavy atom. The fourth-order valence-electron chi connectivity index (χ4n) is 7.10. The molecule has 7 atom stereocenters. The van der Waals surface area contributed by atoms with Crippen molar-refractivity contribution < 1.29 is 47.5 Å². The van der Waals surface area contributed by atoms with Gasteiger partial charge in [-0.25, -0.2) is 0 Å². The minimum atomic E-state index is -0.888. The summed E-state index contributed by atoms with van der Waals surface area (Å²) in [5.74, 6) is -0.577. The zero-order valence-corrected chi connectivity index (χ0v) is 34.2. The van der Waals surface area contributed by atoms with Crippen molar-refractivity contribution in [2.45, 2.75) is 102 Å². The highest BCUT2D eigenvalue weighted by molar-refractivity contribution is 5.83. The summed E-state index contributed by atoms with van der Waals surface area (Å²) >= 11 is 0. The van der Waals surface area contributed by atoms with Crippen LogP contribution in [0.2, 0.25) is 0 Å². The molecule has 0 radical (unpaired) electrons. The molecule has 0 N–H and O–H groups in total. The summed E-state index contributed by atoms with van der Waals surface area (Å²) in [6, 6.07) is 44.4. The molecule has 0 bridgehead atoms. The largest absolute Gasteiger partial charge is 0.457 e. The van der Waals surface area contributed by atoms with Crippen LogP contribution in [0.15, 0.2) is 133 Å². The van der Waals surface area contributed by atoms with Gasteiger partial charge in [-0.1, -0.05) is 134 Å². The molecule has 5 aromatic carbocycles. The Bertz CT molecular complexity index is 1990. The van der Waals surface area contributed by atoms with Crippen LogP contribution in [-0.2, 0) is 73.9 Å². The molecule has 10 nitrogen and oxygen atoms in total. The van der Waals surface area contributed by atoms with Crippen molar-refractivity contribution in [3.05, 3.63) is 156 Å². The van der Waals surface area contributed by atoms with Crippen LogP contribution in [0.5, 0.6) is 0 Å². The predicted molar refractivity (Wildman–Crippen MR) is 224 cm³/mol. The first-order valence-electron chi connectivity index (χ1n) is 20.4. The third-order valence-electron chi connectivity index (χ3n) is 10.3. The minimum Gasteiger partial charge on any atom is -0.457 e. The van der Waals surface area contributed by atoms with Gasteiger partial charge in [-0.05, 0) is 52.4 Å². The van der Waals surface area contributed by atoms with Crippen LogP contribution in [0.1, 0.15) is 55.4 Å². The zero-order valence-electron chi connectivity index (χ0n) is 34.2. The molecule has 1 fully saturated rings. The molecule has 1 heterocycles. The van der Waals surface area contributed by atoms with E-state index in [1.54, 1.807) is 0 Å². The van der Waals surface area contributed by atoms with E-state index >= 15 is 0 Å². The lowest BCUT2D eigenvalue weighted by molar-refractivity contribution is -0.219. The lowest BCUT2D eigenvalue weighted by atomic mass is 10.1. The van der Waals surface area contributed by atoms with Gasteiger partial charge in [-0.3, -0.25) is 4.79 Å². The van der Waals surface area contributed by atoms with Crippen LogP contribution < -0.4 is 0 Å². The first kappa shape index (κ1) is 43.8. The van der Waals surface area contributed by atoms with Crippen LogP contribution in [0.3, 0.4) is 0 Å². The number of ketones is 1. The molecule has 1 aliphatic heterocycles. The van der Waals surface area contributed by atoms with Gasteiger partial charge in [0.15, 0.2) is 12.4 Å². The number of carbonyl (C=O) groups is 2. The van der Waals surface area contributed by atoms with Crippen LogP contribution in [0.4, 0.5) is 0 Å². The molecule has 0 saturated carbocycles. The monoisotopic (exact) mass is 804 g/mol. The minimum absolute atomic E-state index is 0.0205. The van der Waals surface area contributed by atoms with E-state index in [9.17, 15) is 9.59 Å². The Kier molecular flexibility index (Phi) is 17.2. The van der Waals surface area contributed by atoms with Gasteiger partial charge in [0, 0.05) is 13.5 Å². The number of fused-ring (bicyclic) bond motifs is 1. The molecule has 4 unspecified atom stereocenters. The molecule has 10 heteroatoms. The number of rotatable bonds is 24. The Hall–Kier alpha value is -4.78. The number of Topliss-reactive ketones (excluding diaryl/α,β-unsaturated/α-hetero) is 1. The summed E-state index contributed by atoms with van der Waals surface area (Å²) in [7, 11) is 1.54. The van der Waals surface area contributed by atoms with Gasteiger partial charge in [-0.15, -0.1) is 0 Å². The molecule has 59 heavy (non-hydrogen) atoms. The summed E-state index contributed by atoms with van der Waals surface area (Å²) in [5, 5.41) is 2.31. The first-order valence-corrected chi connectivity index (χ1v) is 20.4. The summed E-state index contributed by atoms with van der Waals surface area (Å²) in [6.45, 7) is 4.85. The number of benzene rings is 5. The fraction of sp³-hybridized carbons (Fsp3) is 0.388. The van der Waals surface area contributed by atoms with Crippen molar-refractivity contribution in [1.29, 1.82) is 0 Å². The second-order valence-electron chi connectivity index (χ2n) is 14.8. The van der Waals surface area contributed by atoms with Crippen molar-refractivity contribution in [1.82, 2.24) is 0 Å². The van der Waals surface area contributed by atoms with Gasteiger partial charge >= 0.3 is 5.97 Å². The quantitative estimate of drug-likeness (QED) is 0.0564. The average molecular weight is 805 g/mol. The molecule has 0 spiro atoms. The van der Waals surface area contributed by atoms with Crippen molar-refractivity contribution in [3.63, 3.8) is 0 Å². The molecular formula is C49H56O10. The van der Waals surface area contributed by atoms with E-state index in [0.29, 0.717) is 19.6 Å². The van der Waals surface area contributed by atoms with Gasteiger partial charge in [-0.2, -0.15) is 0 Å². The molecular weight excluding hydrogens is 749 g/mol. The van der Waals surface area contributed by atoms with Gasteiger partial charge in [0.1, 0.15) is 36.3 Å². The van der Waals surface area contributed by atoms with Gasteiger partial charge in [0.05, 0.1) is 46.1 Å². The standard InChI is InChI=1S/C49H56O10/c1-4-42-47(59-45(51)27-24-35(2)50)48(52-3)49(58-42)57-34-44(55-31-37-18-10-6-11-19-37)46(56-32-38-20-12-7-13-21-38)43(54-30-36-16-8-5-9-17-36)33-53-29-39-25-26-40-22-14-15-23-41(40)28-39/h5-23,25-26,28,42-44,46-49H,4,24,27,29-34H2,1-3H3/t42-,43?,44?,46?,47?,48+,49-/m1/s1. The second kappa shape index (κ2) is 23.1. The topological polar surface area (TPSA) is 108 Å². The van der Waals surface area contributed by atoms with E-state index in [1.807, 2.05) is 110 Å². The van der Waals surface area contributed by atoms with E-state index in [1.165, 1.54) is 14.0 Å². The number of esters is 1. The summed E-state index contributed by atoms with van der Waals surface area (Å²) in [5.41, 5.74) is 4.00. The average Bonchev–Trinajstić information content (AvgIpc) is 3.61. The summed E-state index contributed by atoms with van der Waals surface area (Å²) in [4.78, 5) is 24.3. The van der Waals surface area contributed by atoms with Crippen LogP contribution in [0, 0.1) is 0 Å². The Morgan fingerprint density at radius 3 is 1.75 bits per heavy atom. The number of carbonyl (C=O) groups excluding carboxylic acids is 2. The maximum absolute atomic E-state index is 12.8. The highest BCUT2D eigenvalue weighted by Crippen LogP contribution is 2.31. The first-order chi connectivity index (χ1) is 28.9. The predicted octanol–water partition coefficient (Wildman–Crippen LogP) is 8.56. The fourth-order valence-corrected chi connectivity index (χ4v) is 7.10. The van der Waals surface area contributed by atoms with Gasteiger partial charge < -0.3 is 42.7 Å². The van der Waals surface area contributed by atoms with E-state index < -0.39 is 48.9 Å². The van der Waals surface area contributed by atoms with Crippen LogP contribution >= 0.6 is 0 Å². The van der Waals surface area contributed by atoms with Crippen molar-refractivity contribution in [2.24, 2.45) is 0 Å². The number of hydrogen-bond donors (Lipinski definition) is 0. The lowest BCUT2D eigenvalue weighted by Crippen LogP contribution is -2.48. The second-order valence-corrected chi connectivity index (χ2v) is 14.8. The van der Waals surface area contributed by atoms with Crippen molar-refractivity contribution in [3.8, 4) is 0 Å². The normalized spacial score (nSPS) is 19.3. The third kappa shape index (κ3) is 13.4. The van der Waals surface area contributed by atoms with Gasteiger partial charge in [0.25, 0.3) is 0 Å². The molecule has 5 aromatic rings.